The molecule has 0 amide bonds. The molecule has 1 aliphatic heterocycles. The molecule has 0 saturated carbocycles. The lowest BCUT2D eigenvalue weighted by atomic mass is 9.96. The zero-order valence-electron chi connectivity index (χ0n) is 18.8. The molecule has 0 saturated heterocycles. The van der Waals surface area contributed by atoms with Crippen LogP contribution in [-0.4, -0.2) is 26.0 Å². The van der Waals surface area contributed by atoms with Gasteiger partial charge < -0.3 is 19.7 Å². The van der Waals surface area contributed by atoms with Crippen LogP contribution >= 0.6 is 0 Å². The number of hydrogen-bond acceptors (Lipinski definition) is 4. The number of aldehydes is 1. The van der Waals surface area contributed by atoms with Gasteiger partial charge in [-0.25, -0.2) is 0 Å². The van der Waals surface area contributed by atoms with Crippen LogP contribution in [0.4, 0.5) is 11.4 Å². The number of anilines is 2. The lowest BCUT2D eigenvalue weighted by Gasteiger charge is -2.32. The summed E-state index contributed by atoms with van der Waals surface area (Å²) in [6.45, 7) is 5.40. The Labute approximate surface area is 191 Å². The minimum absolute atomic E-state index is 0.0608. The van der Waals surface area contributed by atoms with Crippen molar-refractivity contribution in [2.75, 3.05) is 29.9 Å². The number of nitrogens with zero attached hydrogens (tertiary/aromatic N) is 1. The predicted octanol–water partition coefficient (Wildman–Crippen LogP) is 5.51. The quantitative estimate of drug-likeness (QED) is 0.433. The summed E-state index contributed by atoms with van der Waals surface area (Å²) >= 11 is 0. The third-order valence-electron chi connectivity index (χ3n) is 6.04. The van der Waals surface area contributed by atoms with Crippen molar-refractivity contribution in [1.29, 1.82) is 0 Å². The Balaban J connectivity index is 1.36. The van der Waals surface area contributed by atoms with Gasteiger partial charge in [-0.3, -0.25) is 0 Å². The minimum atomic E-state index is 0.0608. The van der Waals surface area contributed by atoms with E-state index in [2.05, 4.69) is 52.7 Å². The summed E-state index contributed by atoms with van der Waals surface area (Å²) in [6, 6.07) is 25.1. The fourth-order valence-electron chi connectivity index (χ4n) is 4.34. The highest BCUT2D eigenvalue weighted by molar-refractivity contribution is 5.59. The van der Waals surface area contributed by atoms with Gasteiger partial charge in [-0.15, -0.1) is 0 Å². The summed E-state index contributed by atoms with van der Waals surface area (Å²) in [6.07, 6.45) is 4.09. The number of carbonyl (C=O) groups excluding carboxylic acids is 1. The van der Waals surface area contributed by atoms with Crippen LogP contribution in [0.1, 0.15) is 30.0 Å². The van der Waals surface area contributed by atoms with Gasteiger partial charge in [0.25, 0.3) is 0 Å². The number of benzene rings is 3. The molecule has 3 aromatic rings. The van der Waals surface area contributed by atoms with E-state index >= 15 is 0 Å². The van der Waals surface area contributed by atoms with E-state index in [1.807, 2.05) is 37.3 Å². The maximum atomic E-state index is 10.9. The average Bonchev–Trinajstić information content (AvgIpc) is 2.84. The van der Waals surface area contributed by atoms with E-state index in [0.29, 0.717) is 6.61 Å². The summed E-state index contributed by atoms with van der Waals surface area (Å²) in [5, 5.41) is 3.57. The van der Waals surface area contributed by atoms with Crippen LogP contribution < -0.4 is 15.0 Å². The smallest absolute Gasteiger partial charge is 0.123 e. The molecule has 0 fully saturated rings. The standard InChI is InChI=1S/C28H32N2O2/c1-22(21-31)19-23-12-14-25(15-13-23)29-20-24-7-5-11-28-27(24)10-6-16-30(28)17-18-32-26-8-3-2-4-9-26/h2-5,7-9,11-15,21-22,29H,6,10,16-20H2,1H3. The molecule has 0 radical (unpaired) electrons. The van der Waals surface area contributed by atoms with Gasteiger partial charge in [0.2, 0.25) is 0 Å². The van der Waals surface area contributed by atoms with E-state index in [1.165, 1.54) is 28.8 Å². The summed E-state index contributed by atoms with van der Waals surface area (Å²) in [4.78, 5) is 13.3. The molecular formula is C28H32N2O2. The molecule has 1 atom stereocenters. The van der Waals surface area contributed by atoms with E-state index < -0.39 is 0 Å². The molecule has 0 bridgehead atoms. The first-order valence-electron chi connectivity index (χ1n) is 11.5. The Morgan fingerprint density at radius 2 is 1.84 bits per heavy atom. The lowest BCUT2D eigenvalue weighted by Crippen LogP contribution is -2.33. The van der Waals surface area contributed by atoms with Crippen molar-refractivity contribution in [2.24, 2.45) is 5.92 Å². The zero-order chi connectivity index (χ0) is 22.2. The minimum Gasteiger partial charge on any atom is -0.492 e. The van der Waals surface area contributed by atoms with Crippen LogP contribution in [0.2, 0.25) is 0 Å². The molecule has 1 heterocycles. The number of hydrogen-bond donors (Lipinski definition) is 1. The molecule has 0 aromatic heterocycles. The number of carbonyl (C=O) groups is 1. The summed E-state index contributed by atoms with van der Waals surface area (Å²) in [5.41, 5.74) is 6.44. The highest BCUT2D eigenvalue weighted by Crippen LogP contribution is 2.30. The number of rotatable bonds is 10. The van der Waals surface area contributed by atoms with Gasteiger partial charge in [0.15, 0.2) is 0 Å². The fourth-order valence-corrected chi connectivity index (χ4v) is 4.34. The van der Waals surface area contributed by atoms with Crippen molar-refractivity contribution in [1.82, 2.24) is 0 Å². The van der Waals surface area contributed by atoms with Crippen LogP contribution in [0.15, 0.2) is 72.8 Å². The van der Waals surface area contributed by atoms with E-state index in [0.717, 1.165) is 50.2 Å². The molecule has 4 heteroatoms. The van der Waals surface area contributed by atoms with Crippen molar-refractivity contribution >= 4 is 17.7 Å². The first-order chi connectivity index (χ1) is 15.7. The molecule has 166 valence electrons. The maximum absolute atomic E-state index is 10.9. The molecule has 32 heavy (non-hydrogen) atoms. The molecule has 0 spiro atoms. The van der Waals surface area contributed by atoms with Gasteiger partial charge in [0.05, 0.1) is 6.54 Å². The molecule has 0 aliphatic carbocycles. The van der Waals surface area contributed by atoms with Gasteiger partial charge in [0, 0.05) is 30.4 Å². The van der Waals surface area contributed by atoms with Crippen LogP contribution in [0.3, 0.4) is 0 Å². The van der Waals surface area contributed by atoms with Crippen molar-refractivity contribution in [3.05, 3.63) is 89.5 Å². The third-order valence-corrected chi connectivity index (χ3v) is 6.04. The topological polar surface area (TPSA) is 41.6 Å². The number of ether oxygens (including phenoxy) is 1. The van der Waals surface area contributed by atoms with E-state index in [4.69, 9.17) is 4.74 Å². The second-order valence-electron chi connectivity index (χ2n) is 8.53. The van der Waals surface area contributed by atoms with Crippen molar-refractivity contribution in [3.8, 4) is 5.75 Å². The highest BCUT2D eigenvalue weighted by Gasteiger charge is 2.19. The average molecular weight is 429 g/mol. The largest absolute Gasteiger partial charge is 0.492 e. The summed E-state index contributed by atoms with van der Waals surface area (Å²) in [5.74, 6) is 0.986. The Morgan fingerprint density at radius 3 is 2.62 bits per heavy atom. The van der Waals surface area contributed by atoms with E-state index in [1.54, 1.807) is 0 Å². The van der Waals surface area contributed by atoms with Crippen LogP contribution in [0, 0.1) is 5.92 Å². The Morgan fingerprint density at radius 1 is 1.03 bits per heavy atom. The summed E-state index contributed by atoms with van der Waals surface area (Å²) < 4.78 is 5.93. The molecule has 1 unspecified atom stereocenters. The number of fused-ring (bicyclic) bond motifs is 1. The van der Waals surface area contributed by atoms with Crippen molar-refractivity contribution < 1.29 is 9.53 Å². The normalized spacial score (nSPS) is 13.8. The fraction of sp³-hybridized carbons (Fsp3) is 0.321. The van der Waals surface area contributed by atoms with Gasteiger partial charge in [-0.1, -0.05) is 49.4 Å². The first kappa shape index (κ1) is 21.9. The predicted molar refractivity (Wildman–Crippen MR) is 132 cm³/mol. The number of para-hydroxylation sites is 1. The SMILES string of the molecule is CC(C=O)Cc1ccc(NCc2cccc3c2CCCN3CCOc2ccccc2)cc1. The van der Waals surface area contributed by atoms with E-state index in [-0.39, 0.29) is 5.92 Å². The molecule has 1 N–H and O–H groups in total. The Bertz CT molecular complexity index is 1000. The maximum Gasteiger partial charge on any atom is 0.123 e. The molecule has 1 aliphatic rings. The second-order valence-corrected chi connectivity index (χ2v) is 8.53. The molecule has 3 aromatic carbocycles. The van der Waals surface area contributed by atoms with E-state index in [9.17, 15) is 4.79 Å². The Hall–Kier alpha value is -3.27. The van der Waals surface area contributed by atoms with Crippen molar-refractivity contribution in [2.45, 2.75) is 32.7 Å². The van der Waals surface area contributed by atoms with Gasteiger partial charge in [-0.05, 0) is 66.3 Å². The third kappa shape index (κ3) is 5.70. The first-order valence-corrected chi connectivity index (χ1v) is 11.5. The van der Waals surface area contributed by atoms with Crippen LogP contribution in [-0.2, 0) is 24.2 Å². The van der Waals surface area contributed by atoms with Crippen LogP contribution in [0.5, 0.6) is 5.75 Å². The molecule has 4 nitrogen and oxygen atoms in total. The van der Waals surface area contributed by atoms with Gasteiger partial charge >= 0.3 is 0 Å². The van der Waals surface area contributed by atoms with Crippen molar-refractivity contribution in [3.63, 3.8) is 0 Å². The lowest BCUT2D eigenvalue weighted by molar-refractivity contribution is -0.110. The van der Waals surface area contributed by atoms with Gasteiger partial charge in [-0.2, -0.15) is 0 Å². The zero-order valence-corrected chi connectivity index (χ0v) is 18.8. The molecular weight excluding hydrogens is 396 g/mol. The second kappa shape index (κ2) is 10.9. The highest BCUT2D eigenvalue weighted by atomic mass is 16.5. The van der Waals surface area contributed by atoms with Crippen LogP contribution in [0.25, 0.3) is 0 Å². The van der Waals surface area contributed by atoms with Gasteiger partial charge in [0.1, 0.15) is 18.6 Å². The number of nitrogens with one attached hydrogen (secondary N) is 1. The summed E-state index contributed by atoms with van der Waals surface area (Å²) in [7, 11) is 0. The molecule has 4 rings (SSSR count). The monoisotopic (exact) mass is 428 g/mol. The Kier molecular flexibility index (Phi) is 7.44.